The predicted octanol–water partition coefficient (Wildman–Crippen LogP) is -0.602. The lowest BCUT2D eigenvalue weighted by atomic mass is 10.3. The van der Waals surface area contributed by atoms with Crippen molar-refractivity contribution in [2.24, 2.45) is 0 Å². The summed E-state index contributed by atoms with van der Waals surface area (Å²) in [4.78, 5) is 22.9. The van der Waals surface area contributed by atoms with Crippen molar-refractivity contribution >= 4 is 13.5 Å². The van der Waals surface area contributed by atoms with Crippen LogP contribution < -0.4 is 15.4 Å². The first-order valence-electron chi connectivity index (χ1n) is 4.14. The van der Waals surface area contributed by atoms with E-state index in [-0.39, 0.29) is 0 Å². The maximum Gasteiger partial charge on any atom is 0.262 e. The molecule has 0 aliphatic carbocycles. The summed E-state index contributed by atoms with van der Waals surface area (Å²) >= 11 is 0. The fraction of sp³-hybridized carbons (Fsp3) is 0.250. The molecule has 7 heteroatoms. The highest BCUT2D eigenvalue weighted by molar-refractivity contribution is 7.43. The molecular formula is C8H14NO5P. The van der Waals surface area contributed by atoms with Gasteiger partial charge in [-0.05, 0) is 19.1 Å². The van der Waals surface area contributed by atoms with Gasteiger partial charge in [0.05, 0.1) is 6.61 Å². The first-order valence-corrected chi connectivity index (χ1v) is 5.67. The van der Waals surface area contributed by atoms with Gasteiger partial charge in [-0.25, -0.2) is 0 Å². The molecule has 0 atom stereocenters. The summed E-state index contributed by atoms with van der Waals surface area (Å²) in [5.41, 5.74) is 4.78. The zero-order valence-corrected chi connectivity index (χ0v) is 9.18. The number of quaternary nitrogens is 1. The van der Waals surface area contributed by atoms with Crippen molar-refractivity contribution < 1.29 is 29.7 Å². The Bertz CT molecular complexity index is 312. The van der Waals surface area contributed by atoms with Gasteiger partial charge in [-0.1, -0.05) is 0 Å². The molecule has 0 aliphatic rings. The molecule has 0 unspecified atom stereocenters. The van der Waals surface area contributed by atoms with Gasteiger partial charge in [0.25, 0.3) is 7.82 Å². The number of rotatable bonds is 2. The Morgan fingerprint density at radius 1 is 1.40 bits per heavy atom. The Morgan fingerprint density at radius 3 is 2.13 bits per heavy atom. The highest BCUT2D eigenvalue weighted by Gasteiger charge is 1.90. The van der Waals surface area contributed by atoms with Crippen molar-refractivity contribution in [1.29, 1.82) is 0 Å². The summed E-state index contributed by atoms with van der Waals surface area (Å²) in [5.74, 6) is 0.912. The van der Waals surface area contributed by atoms with Crippen LogP contribution in [0.25, 0.3) is 0 Å². The van der Waals surface area contributed by atoms with E-state index in [1.54, 1.807) is 0 Å². The third kappa shape index (κ3) is 11.0. The Hall–Kier alpha value is -0.910. The molecule has 0 heterocycles. The third-order valence-electron chi connectivity index (χ3n) is 1.23. The van der Waals surface area contributed by atoms with Gasteiger partial charge in [-0.2, -0.15) is 0 Å². The molecule has 1 aromatic rings. The van der Waals surface area contributed by atoms with Gasteiger partial charge in [-0.3, -0.25) is 4.57 Å². The summed E-state index contributed by atoms with van der Waals surface area (Å²) in [7, 11) is -4.89. The standard InChI is InChI=1S/C8H11NO.H3O4P/c1-2-10-8-5-3-7(9)4-6-8;1-5(2,3)4/h3-6H,2,9H2,1H3;(H3,1,2,3,4). The minimum atomic E-state index is -4.89. The first kappa shape index (κ1) is 14.1. The first-order chi connectivity index (χ1) is 6.83. The van der Waals surface area contributed by atoms with E-state index in [1.165, 1.54) is 0 Å². The van der Waals surface area contributed by atoms with Crippen LogP contribution in [-0.2, 0) is 4.57 Å². The lowest BCUT2D eigenvalue weighted by Crippen LogP contribution is -2.39. The molecule has 86 valence electrons. The summed E-state index contributed by atoms with van der Waals surface area (Å²) in [5, 5.41) is 0. The van der Waals surface area contributed by atoms with Crippen molar-refractivity contribution in [2.45, 2.75) is 6.92 Å². The van der Waals surface area contributed by atoms with E-state index in [0.29, 0.717) is 0 Å². The lowest BCUT2D eigenvalue weighted by molar-refractivity contribution is -0.254. The quantitative estimate of drug-likeness (QED) is 0.591. The molecule has 15 heavy (non-hydrogen) atoms. The van der Waals surface area contributed by atoms with Gasteiger partial charge in [0.1, 0.15) is 11.4 Å². The average Bonchev–Trinajstić information content (AvgIpc) is 2.06. The molecule has 1 rings (SSSR count). The van der Waals surface area contributed by atoms with Crippen LogP contribution in [0.1, 0.15) is 6.92 Å². The van der Waals surface area contributed by atoms with Crippen molar-refractivity contribution in [3.63, 3.8) is 0 Å². The summed E-state index contributed by atoms with van der Waals surface area (Å²) in [6.45, 7) is 2.69. The molecule has 5 N–H and O–H groups in total. The van der Waals surface area contributed by atoms with E-state index in [9.17, 15) is 0 Å². The molecule has 0 aromatic heterocycles. The Morgan fingerprint density at radius 2 is 1.80 bits per heavy atom. The van der Waals surface area contributed by atoms with Gasteiger partial charge in [0.2, 0.25) is 0 Å². The largest absolute Gasteiger partial charge is 0.756 e. The molecule has 0 radical (unpaired) electrons. The SMILES string of the molecule is CCOc1ccc([NH3+])cc1.O=P([O-])(O)O. The normalized spacial score (nSPS) is 10.2. The summed E-state index contributed by atoms with van der Waals surface area (Å²) in [6, 6.07) is 7.72. The van der Waals surface area contributed by atoms with Crippen molar-refractivity contribution in [3.8, 4) is 5.75 Å². The van der Waals surface area contributed by atoms with Gasteiger partial charge >= 0.3 is 0 Å². The highest BCUT2D eigenvalue weighted by Crippen LogP contribution is 2.19. The minimum Gasteiger partial charge on any atom is -0.756 e. The molecule has 6 nitrogen and oxygen atoms in total. The van der Waals surface area contributed by atoms with Crippen LogP contribution in [-0.4, -0.2) is 16.4 Å². The second-order valence-corrected chi connectivity index (χ2v) is 3.55. The van der Waals surface area contributed by atoms with Crippen LogP contribution in [0.15, 0.2) is 24.3 Å². The monoisotopic (exact) mass is 235 g/mol. The van der Waals surface area contributed by atoms with Gasteiger partial charge in [0, 0.05) is 12.1 Å². The molecule has 0 amide bonds. The molecule has 0 saturated heterocycles. The van der Waals surface area contributed by atoms with Gasteiger partial charge < -0.3 is 25.2 Å². The fourth-order valence-corrected chi connectivity index (χ4v) is 0.752. The average molecular weight is 235 g/mol. The van der Waals surface area contributed by atoms with Crippen LogP contribution in [0.4, 0.5) is 5.69 Å². The van der Waals surface area contributed by atoms with E-state index in [0.717, 1.165) is 18.0 Å². The molecule has 0 aliphatic heterocycles. The number of benzene rings is 1. The number of hydrogen-bond donors (Lipinski definition) is 3. The molecule has 0 spiro atoms. The summed E-state index contributed by atoms with van der Waals surface area (Å²) < 4.78 is 14.0. The van der Waals surface area contributed by atoms with Crippen molar-refractivity contribution in [2.75, 3.05) is 6.61 Å². The van der Waals surface area contributed by atoms with Crippen molar-refractivity contribution in [1.82, 2.24) is 0 Å². The summed E-state index contributed by atoms with van der Waals surface area (Å²) in [6.07, 6.45) is 0. The van der Waals surface area contributed by atoms with Crippen LogP contribution in [0, 0.1) is 0 Å². The number of phosphoric acid groups is 1. The lowest BCUT2D eigenvalue weighted by Gasteiger charge is -2.01. The van der Waals surface area contributed by atoms with Crippen LogP contribution in [0.3, 0.4) is 0 Å². The van der Waals surface area contributed by atoms with Crippen molar-refractivity contribution in [3.05, 3.63) is 24.3 Å². The van der Waals surface area contributed by atoms with Gasteiger partial charge in [0.15, 0.2) is 0 Å². The van der Waals surface area contributed by atoms with Crippen LogP contribution >= 0.6 is 7.82 Å². The minimum absolute atomic E-state index is 0.719. The second kappa shape index (κ2) is 6.55. The Balaban J connectivity index is 0.000000336. The molecular weight excluding hydrogens is 221 g/mol. The zero-order chi connectivity index (χ0) is 11.9. The van der Waals surface area contributed by atoms with E-state index < -0.39 is 7.82 Å². The number of hydrogen-bond acceptors (Lipinski definition) is 3. The molecule has 0 saturated carbocycles. The molecule has 0 bridgehead atoms. The smallest absolute Gasteiger partial charge is 0.262 e. The Kier molecular flexibility index (Phi) is 6.15. The van der Waals surface area contributed by atoms with Gasteiger partial charge in [-0.15, -0.1) is 0 Å². The van der Waals surface area contributed by atoms with Crippen LogP contribution in [0.2, 0.25) is 0 Å². The maximum atomic E-state index is 8.77. The maximum absolute atomic E-state index is 8.77. The predicted molar refractivity (Wildman–Crippen MR) is 52.2 cm³/mol. The van der Waals surface area contributed by atoms with E-state index in [1.807, 2.05) is 31.2 Å². The van der Waals surface area contributed by atoms with E-state index in [4.69, 9.17) is 24.0 Å². The Labute approximate surface area is 87.6 Å². The second-order valence-electron chi connectivity index (χ2n) is 2.57. The fourth-order valence-electron chi connectivity index (χ4n) is 0.752. The van der Waals surface area contributed by atoms with E-state index >= 15 is 0 Å². The molecule has 1 aromatic carbocycles. The highest BCUT2D eigenvalue weighted by atomic mass is 31.2. The topological polar surface area (TPSA) is 117 Å². The number of ether oxygens (including phenoxy) is 1. The van der Waals surface area contributed by atoms with Crippen LogP contribution in [0.5, 0.6) is 5.75 Å². The van der Waals surface area contributed by atoms with E-state index in [2.05, 4.69) is 5.73 Å². The zero-order valence-electron chi connectivity index (χ0n) is 8.29. The third-order valence-corrected chi connectivity index (χ3v) is 1.23. The molecule has 0 fully saturated rings.